The smallest absolute Gasteiger partial charge is 0.194 e. The van der Waals surface area contributed by atoms with Gasteiger partial charge in [0.2, 0.25) is 0 Å². The lowest BCUT2D eigenvalue weighted by Crippen LogP contribution is -2.49. The van der Waals surface area contributed by atoms with Gasteiger partial charge in [0.15, 0.2) is 11.7 Å². The molecule has 1 aliphatic heterocycles. The second kappa shape index (κ2) is 10.1. The molecule has 3 rings (SSSR count). The Balaban J connectivity index is 0.00000261. The van der Waals surface area contributed by atoms with Crippen LogP contribution in [-0.4, -0.2) is 45.2 Å². The summed E-state index contributed by atoms with van der Waals surface area (Å²) in [6.07, 6.45) is 6.95. The highest BCUT2D eigenvalue weighted by Gasteiger charge is 2.28. The van der Waals surface area contributed by atoms with Crippen LogP contribution in [0.25, 0.3) is 0 Å². The number of piperidine rings is 1. The standard InChI is InChI=1S/C19H30N6O.HI/c1-5-21-19(22-11-16-10-17(14(2)3)23-26-16)24-8-6-15(4)18(12-24)25-9-7-20-13-25;/h7,9-10,13-15,18H,5-6,8,11-12H2,1-4H3,(H,21,22);1H. The molecule has 1 fully saturated rings. The highest BCUT2D eigenvalue weighted by Crippen LogP contribution is 2.27. The van der Waals surface area contributed by atoms with E-state index in [1.165, 1.54) is 0 Å². The minimum atomic E-state index is 0. The lowest BCUT2D eigenvalue weighted by Gasteiger charge is -2.39. The largest absolute Gasteiger partial charge is 0.359 e. The first-order valence-corrected chi connectivity index (χ1v) is 9.54. The summed E-state index contributed by atoms with van der Waals surface area (Å²) < 4.78 is 7.64. The zero-order chi connectivity index (χ0) is 18.5. The number of likely N-dealkylation sites (tertiary alicyclic amines) is 1. The van der Waals surface area contributed by atoms with Crippen molar-refractivity contribution in [2.24, 2.45) is 10.9 Å². The lowest BCUT2D eigenvalue weighted by atomic mass is 9.93. The van der Waals surface area contributed by atoms with Gasteiger partial charge in [-0.2, -0.15) is 0 Å². The molecular formula is C19H31IN6O. The van der Waals surface area contributed by atoms with E-state index in [4.69, 9.17) is 9.52 Å². The van der Waals surface area contributed by atoms with Crippen molar-refractivity contribution in [3.8, 4) is 0 Å². The number of nitrogens with zero attached hydrogens (tertiary/aromatic N) is 5. The number of rotatable bonds is 5. The number of nitrogens with one attached hydrogen (secondary N) is 1. The molecule has 0 bridgehead atoms. The Hall–Kier alpha value is -1.58. The molecule has 3 heterocycles. The van der Waals surface area contributed by atoms with Crippen LogP contribution in [0.5, 0.6) is 0 Å². The molecule has 27 heavy (non-hydrogen) atoms. The molecule has 0 aliphatic carbocycles. The average molecular weight is 486 g/mol. The number of guanidine groups is 1. The number of aliphatic imine (C=N–C) groups is 1. The van der Waals surface area contributed by atoms with E-state index in [2.05, 4.69) is 58.8 Å². The van der Waals surface area contributed by atoms with Gasteiger partial charge in [-0.1, -0.05) is 25.9 Å². The van der Waals surface area contributed by atoms with Crippen LogP contribution in [-0.2, 0) is 6.54 Å². The van der Waals surface area contributed by atoms with E-state index in [9.17, 15) is 0 Å². The van der Waals surface area contributed by atoms with E-state index in [1.807, 2.05) is 18.6 Å². The van der Waals surface area contributed by atoms with Gasteiger partial charge in [0.25, 0.3) is 0 Å². The highest BCUT2D eigenvalue weighted by molar-refractivity contribution is 14.0. The maximum atomic E-state index is 5.42. The predicted octanol–water partition coefficient (Wildman–Crippen LogP) is 3.66. The van der Waals surface area contributed by atoms with Crippen molar-refractivity contribution in [2.75, 3.05) is 19.6 Å². The summed E-state index contributed by atoms with van der Waals surface area (Å²) in [5, 5.41) is 7.54. The van der Waals surface area contributed by atoms with Crippen molar-refractivity contribution >= 4 is 29.9 Å². The average Bonchev–Trinajstić information content (AvgIpc) is 3.31. The predicted molar refractivity (Wildman–Crippen MR) is 117 cm³/mol. The molecule has 2 aromatic heterocycles. The number of imidazole rings is 1. The molecule has 0 amide bonds. The molecule has 7 nitrogen and oxygen atoms in total. The van der Waals surface area contributed by atoms with Gasteiger partial charge in [0, 0.05) is 38.1 Å². The fraction of sp³-hybridized carbons (Fsp3) is 0.632. The van der Waals surface area contributed by atoms with Gasteiger partial charge in [0.1, 0.15) is 6.54 Å². The normalized spacial score (nSPS) is 20.6. The summed E-state index contributed by atoms with van der Waals surface area (Å²) in [7, 11) is 0. The Morgan fingerprint density at radius 2 is 2.26 bits per heavy atom. The fourth-order valence-corrected chi connectivity index (χ4v) is 3.35. The summed E-state index contributed by atoms with van der Waals surface area (Å²) in [5.74, 6) is 2.73. The summed E-state index contributed by atoms with van der Waals surface area (Å²) in [5.41, 5.74) is 0.979. The molecule has 2 atom stereocenters. The molecule has 150 valence electrons. The molecule has 2 aromatic rings. The van der Waals surface area contributed by atoms with Gasteiger partial charge < -0.3 is 19.3 Å². The lowest BCUT2D eigenvalue weighted by molar-refractivity contribution is 0.189. The van der Waals surface area contributed by atoms with Gasteiger partial charge in [-0.3, -0.25) is 0 Å². The second-order valence-corrected chi connectivity index (χ2v) is 7.33. The third-order valence-corrected chi connectivity index (χ3v) is 5.01. The van der Waals surface area contributed by atoms with Crippen LogP contribution in [0.2, 0.25) is 0 Å². The van der Waals surface area contributed by atoms with Crippen LogP contribution in [0, 0.1) is 5.92 Å². The minimum absolute atomic E-state index is 0. The van der Waals surface area contributed by atoms with Gasteiger partial charge >= 0.3 is 0 Å². The van der Waals surface area contributed by atoms with Crippen LogP contribution in [0.1, 0.15) is 57.5 Å². The van der Waals surface area contributed by atoms with Crippen molar-refractivity contribution in [3.63, 3.8) is 0 Å². The van der Waals surface area contributed by atoms with E-state index in [0.717, 1.165) is 43.5 Å². The monoisotopic (exact) mass is 486 g/mol. The molecular weight excluding hydrogens is 455 g/mol. The van der Waals surface area contributed by atoms with E-state index < -0.39 is 0 Å². The van der Waals surface area contributed by atoms with Gasteiger partial charge in [-0.25, -0.2) is 9.98 Å². The maximum absolute atomic E-state index is 5.42. The Labute approximate surface area is 178 Å². The molecule has 1 N–H and O–H groups in total. The molecule has 1 aliphatic rings. The third kappa shape index (κ3) is 5.46. The second-order valence-electron chi connectivity index (χ2n) is 7.33. The van der Waals surface area contributed by atoms with Crippen LogP contribution in [0.15, 0.2) is 34.3 Å². The SMILES string of the molecule is CCNC(=NCc1cc(C(C)C)no1)N1CCC(C)C(n2ccnc2)C1.I. The van der Waals surface area contributed by atoms with E-state index in [-0.39, 0.29) is 24.0 Å². The number of hydrogen-bond acceptors (Lipinski definition) is 4. The molecule has 8 heteroatoms. The first-order chi connectivity index (χ1) is 12.6. The summed E-state index contributed by atoms with van der Waals surface area (Å²) in [6.45, 7) is 11.9. The molecule has 1 saturated heterocycles. The summed E-state index contributed by atoms with van der Waals surface area (Å²) in [4.78, 5) is 11.3. The molecule has 0 spiro atoms. The third-order valence-electron chi connectivity index (χ3n) is 5.01. The Bertz CT molecular complexity index is 712. The Morgan fingerprint density at radius 3 is 2.89 bits per heavy atom. The molecule has 0 aromatic carbocycles. The van der Waals surface area contributed by atoms with Gasteiger partial charge in [-0.15, -0.1) is 24.0 Å². The number of halogens is 1. The minimum Gasteiger partial charge on any atom is -0.359 e. The van der Waals surface area contributed by atoms with Crippen molar-refractivity contribution < 1.29 is 4.52 Å². The highest BCUT2D eigenvalue weighted by atomic mass is 127. The fourth-order valence-electron chi connectivity index (χ4n) is 3.35. The van der Waals surface area contributed by atoms with Gasteiger partial charge in [-0.05, 0) is 25.2 Å². The Morgan fingerprint density at radius 1 is 1.44 bits per heavy atom. The Kier molecular flexibility index (Phi) is 8.12. The zero-order valence-electron chi connectivity index (χ0n) is 16.6. The zero-order valence-corrected chi connectivity index (χ0v) is 19.0. The topological polar surface area (TPSA) is 71.5 Å². The van der Waals surface area contributed by atoms with E-state index >= 15 is 0 Å². The maximum Gasteiger partial charge on any atom is 0.194 e. The van der Waals surface area contributed by atoms with Crippen LogP contribution in [0.3, 0.4) is 0 Å². The number of hydrogen-bond donors (Lipinski definition) is 1. The van der Waals surface area contributed by atoms with Crippen LogP contribution in [0.4, 0.5) is 0 Å². The van der Waals surface area contributed by atoms with Crippen molar-refractivity contribution in [3.05, 3.63) is 36.2 Å². The van der Waals surface area contributed by atoms with E-state index in [0.29, 0.717) is 24.4 Å². The molecule has 0 radical (unpaired) electrons. The first-order valence-electron chi connectivity index (χ1n) is 9.54. The molecule has 2 unspecified atom stereocenters. The summed E-state index contributed by atoms with van der Waals surface area (Å²) in [6, 6.07) is 2.41. The van der Waals surface area contributed by atoms with Crippen LogP contribution >= 0.6 is 24.0 Å². The number of aromatic nitrogens is 3. The van der Waals surface area contributed by atoms with Crippen molar-refractivity contribution in [1.82, 2.24) is 24.9 Å². The van der Waals surface area contributed by atoms with Gasteiger partial charge in [0.05, 0.1) is 18.1 Å². The van der Waals surface area contributed by atoms with Crippen LogP contribution < -0.4 is 5.32 Å². The first kappa shape index (κ1) is 21.7. The quantitative estimate of drug-likeness (QED) is 0.397. The molecule has 0 saturated carbocycles. The van der Waals surface area contributed by atoms with Crippen molar-refractivity contribution in [2.45, 2.75) is 52.6 Å². The summed E-state index contributed by atoms with van der Waals surface area (Å²) >= 11 is 0. The van der Waals surface area contributed by atoms with E-state index in [1.54, 1.807) is 0 Å². The van der Waals surface area contributed by atoms with Crippen molar-refractivity contribution in [1.29, 1.82) is 0 Å².